The predicted octanol–water partition coefficient (Wildman–Crippen LogP) is 2.12. The standard InChI is InChI=1S/C9H16OS/c11-5-4-9(6-10-7-9)8-2-1-3-8/h8,11H,1-7H2. The second-order valence-corrected chi connectivity index (χ2v) is 4.40. The molecular weight excluding hydrogens is 156 g/mol. The van der Waals surface area contributed by atoms with Crippen molar-refractivity contribution in [1.29, 1.82) is 0 Å². The van der Waals surface area contributed by atoms with E-state index in [9.17, 15) is 0 Å². The van der Waals surface area contributed by atoms with Crippen molar-refractivity contribution in [1.82, 2.24) is 0 Å². The second-order valence-electron chi connectivity index (χ2n) is 3.96. The van der Waals surface area contributed by atoms with Gasteiger partial charge in [-0.25, -0.2) is 0 Å². The summed E-state index contributed by atoms with van der Waals surface area (Å²) in [5, 5.41) is 0. The van der Waals surface area contributed by atoms with E-state index < -0.39 is 0 Å². The number of hydrogen-bond donors (Lipinski definition) is 1. The Morgan fingerprint density at radius 3 is 2.36 bits per heavy atom. The lowest BCUT2D eigenvalue weighted by molar-refractivity contribution is -0.163. The molecule has 0 bridgehead atoms. The lowest BCUT2D eigenvalue weighted by Gasteiger charge is -2.51. The smallest absolute Gasteiger partial charge is 0.0547 e. The minimum atomic E-state index is 0.569. The minimum Gasteiger partial charge on any atom is -0.380 e. The van der Waals surface area contributed by atoms with E-state index in [1.807, 2.05) is 0 Å². The van der Waals surface area contributed by atoms with Crippen LogP contribution in [0.5, 0.6) is 0 Å². The van der Waals surface area contributed by atoms with Crippen LogP contribution in [0.15, 0.2) is 0 Å². The van der Waals surface area contributed by atoms with Crippen LogP contribution in [0.3, 0.4) is 0 Å². The summed E-state index contributed by atoms with van der Waals surface area (Å²) in [5.74, 6) is 2.00. The molecule has 2 aliphatic rings. The number of thiol groups is 1. The van der Waals surface area contributed by atoms with Crippen LogP contribution in [0.4, 0.5) is 0 Å². The highest BCUT2D eigenvalue weighted by Gasteiger charge is 2.46. The molecule has 0 atom stereocenters. The lowest BCUT2D eigenvalue weighted by atomic mass is 9.63. The van der Waals surface area contributed by atoms with Gasteiger partial charge >= 0.3 is 0 Å². The van der Waals surface area contributed by atoms with Gasteiger partial charge in [-0.05, 0) is 30.9 Å². The van der Waals surface area contributed by atoms with Crippen molar-refractivity contribution in [3.8, 4) is 0 Å². The third-order valence-electron chi connectivity index (χ3n) is 3.36. The second kappa shape index (κ2) is 2.98. The van der Waals surface area contributed by atoms with E-state index in [-0.39, 0.29) is 0 Å². The Hall–Kier alpha value is 0.310. The lowest BCUT2D eigenvalue weighted by Crippen LogP contribution is -2.50. The molecule has 11 heavy (non-hydrogen) atoms. The summed E-state index contributed by atoms with van der Waals surface area (Å²) in [6.07, 6.45) is 5.59. The third kappa shape index (κ3) is 1.20. The maximum absolute atomic E-state index is 5.31. The van der Waals surface area contributed by atoms with Crippen molar-refractivity contribution in [2.45, 2.75) is 25.7 Å². The highest BCUT2D eigenvalue weighted by molar-refractivity contribution is 7.80. The predicted molar refractivity (Wildman–Crippen MR) is 49.1 cm³/mol. The van der Waals surface area contributed by atoms with Crippen LogP contribution >= 0.6 is 12.6 Å². The highest BCUT2D eigenvalue weighted by atomic mass is 32.1. The zero-order valence-electron chi connectivity index (χ0n) is 6.88. The molecule has 1 nitrogen and oxygen atoms in total. The average Bonchev–Trinajstić information content (AvgIpc) is 1.79. The van der Waals surface area contributed by atoms with Gasteiger partial charge in [-0.3, -0.25) is 0 Å². The van der Waals surface area contributed by atoms with Gasteiger partial charge in [-0.15, -0.1) is 0 Å². The fourth-order valence-corrected chi connectivity index (χ4v) is 2.64. The molecule has 2 rings (SSSR count). The van der Waals surface area contributed by atoms with Crippen molar-refractivity contribution in [3.63, 3.8) is 0 Å². The number of ether oxygens (including phenoxy) is 1. The molecule has 1 saturated heterocycles. The van der Waals surface area contributed by atoms with Gasteiger partial charge in [0.15, 0.2) is 0 Å². The van der Waals surface area contributed by atoms with Crippen molar-refractivity contribution < 1.29 is 4.74 Å². The number of rotatable bonds is 3. The molecular formula is C9H16OS. The Labute approximate surface area is 73.9 Å². The molecule has 1 aliphatic heterocycles. The zero-order chi connectivity index (χ0) is 7.73. The summed E-state index contributed by atoms with van der Waals surface area (Å²) in [4.78, 5) is 0. The first-order chi connectivity index (χ1) is 5.37. The molecule has 0 unspecified atom stereocenters. The van der Waals surface area contributed by atoms with Crippen LogP contribution in [0.25, 0.3) is 0 Å². The van der Waals surface area contributed by atoms with Crippen molar-refractivity contribution in [2.24, 2.45) is 11.3 Å². The van der Waals surface area contributed by atoms with Crippen LogP contribution in [0.2, 0.25) is 0 Å². The van der Waals surface area contributed by atoms with Crippen LogP contribution in [0, 0.1) is 11.3 Å². The number of hydrogen-bond acceptors (Lipinski definition) is 2. The maximum Gasteiger partial charge on any atom is 0.0547 e. The van der Waals surface area contributed by atoms with E-state index in [0.717, 1.165) is 24.9 Å². The Morgan fingerprint density at radius 2 is 2.09 bits per heavy atom. The molecule has 0 spiro atoms. The van der Waals surface area contributed by atoms with Gasteiger partial charge in [-0.1, -0.05) is 6.42 Å². The van der Waals surface area contributed by atoms with E-state index in [4.69, 9.17) is 4.74 Å². The fourth-order valence-electron chi connectivity index (χ4n) is 2.19. The van der Waals surface area contributed by atoms with Crippen LogP contribution in [0.1, 0.15) is 25.7 Å². The van der Waals surface area contributed by atoms with Crippen molar-refractivity contribution in [3.05, 3.63) is 0 Å². The van der Waals surface area contributed by atoms with Gasteiger partial charge in [0.05, 0.1) is 13.2 Å². The van der Waals surface area contributed by atoms with Gasteiger partial charge in [0.1, 0.15) is 0 Å². The molecule has 1 heterocycles. The van der Waals surface area contributed by atoms with Crippen LogP contribution < -0.4 is 0 Å². The first kappa shape index (κ1) is 7.93. The largest absolute Gasteiger partial charge is 0.380 e. The van der Waals surface area contributed by atoms with Gasteiger partial charge in [0, 0.05) is 5.41 Å². The monoisotopic (exact) mass is 172 g/mol. The van der Waals surface area contributed by atoms with Crippen molar-refractivity contribution in [2.75, 3.05) is 19.0 Å². The SMILES string of the molecule is SCCC1(C2CCC2)COC1. The average molecular weight is 172 g/mol. The van der Waals surface area contributed by atoms with E-state index in [1.54, 1.807) is 0 Å². The first-order valence-electron chi connectivity index (χ1n) is 4.56. The molecule has 0 amide bonds. The van der Waals surface area contributed by atoms with E-state index in [1.165, 1.54) is 25.7 Å². The minimum absolute atomic E-state index is 0.569. The Balaban J connectivity index is 1.92. The third-order valence-corrected chi connectivity index (χ3v) is 3.58. The van der Waals surface area contributed by atoms with Crippen LogP contribution in [-0.4, -0.2) is 19.0 Å². The summed E-state index contributed by atoms with van der Waals surface area (Å²) in [7, 11) is 0. The quantitative estimate of drug-likeness (QED) is 0.642. The first-order valence-corrected chi connectivity index (χ1v) is 5.19. The molecule has 64 valence electrons. The molecule has 2 fully saturated rings. The maximum atomic E-state index is 5.31. The Bertz CT molecular complexity index is 138. The molecule has 0 radical (unpaired) electrons. The van der Waals surface area contributed by atoms with Crippen LogP contribution in [-0.2, 0) is 4.74 Å². The normalized spacial score (nSPS) is 29.2. The molecule has 1 aliphatic carbocycles. The summed E-state index contributed by atoms with van der Waals surface area (Å²) in [6.45, 7) is 2.02. The topological polar surface area (TPSA) is 9.23 Å². The summed E-state index contributed by atoms with van der Waals surface area (Å²) >= 11 is 4.30. The van der Waals surface area contributed by atoms with E-state index in [0.29, 0.717) is 5.41 Å². The molecule has 0 N–H and O–H groups in total. The molecule has 0 aromatic rings. The Morgan fingerprint density at radius 1 is 1.36 bits per heavy atom. The molecule has 1 saturated carbocycles. The summed E-state index contributed by atoms with van der Waals surface area (Å²) < 4.78 is 5.31. The summed E-state index contributed by atoms with van der Waals surface area (Å²) in [5.41, 5.74) is 0.569. The molecule has 2 heteroatoms. The van der Waals surface area contributed by atoms with E-state index in [2.05, 4.69) is 12.6 Å². The van der Waals surface area contributed by atoms with Gasteiger partial charge in [0.2, 0.25) is 0 Å². The Kier molecular flexibility index (Phi) is 2.15. The highest BCUT2D eigenvalue weighted by Crippen LogP contribution is 2.48. The zero-order valence-corrected chi connectivity index (χ0v) is 7.78. The van der Waals surface area contributed by atoms with Gasteiger partial charge < -0.3 is 4.74 Å². The fraction of sp³-hybridized carbons (Fsp3) is 1.00. The van der Waals surface area contributed by atoms with Gasteiger partial charge in [-0.2, -0.15) is 12.6 Å². The summed E-state index contributed by atoms with van der Waals surface area (Å²) in [6, 6.07) is 0. The van der Waals surface area contributed by atoms with Gasteiger partial charge in [0.25, 0.3) is 0 Å². The van der Waals surface area contributed by atoms with Crippen molar-refractivity contribution >= 4 is 12.6 Å². The molecule has 0 aromatic carbocycles. The van der Waals surface area contributed by atoms with E-state index >= 15 is 0 Å². The molecule has 0 aromatic heterocycles.